The number of ether oxygens (including phenoxy) is 1. The predicted octanol–water partition coefficient (Wildman–Crippen LogP) is 4.41. The highest BCUT2D eigenvalue weighted by Crippen LogP contribution is 2.23. The summed E-state index contributed by atoms with van der Waals surface area (Å²) < 4.78 is 5.04. The van der Waals surface area contributed by atoms with Gasteiger partial charge in [-0.15, -0.1) is 0 Å². The van der Waals surface area contributed by atoms with Crippen molar-refractivity contribution in [3.63, 3.8) is 0 Å². The highest BCUT2D eigenvalue weighted by atomic mass is 35.5. The molecule has 0 atom stereocenters. The number of nitro groups is 1. The Kier molecular flexibility index (Phi) is 6.46. The van der Waals surface area contributed by atoms with Crippen LogP contribution in [0.5, 0.6) is 0 Å². The van der Waals surface area contributed by atoms with Crippen molar-refractivity contribution in [3.8, 4) is 0 Å². The fourth-order valence-electron chi connectivity index (χ4n) is 2.48. The maximum atomic E-state index is 12.5. The second-order valence-electron chi connectivity index (χ2n) is 5.62. The number of non-ortho nitro benzene ring substituents is 1. The van der Waals surface area contributed by atoms with E-state index in [1.54, 1.807) is 6.07 Å². The number of carbonyl (C=O) groups is 2. The van der Waals surface area contributed by atoms with Gasteiger partial charge in [-0.05, 0) is 36.1 Å². The Morgan fingerprint density at radius 1 is 1.08 bits per heavy atom. The van der Waals surface area contributed by atoms with Crippen molar-refractivity contribution >= 4 is 29.0 Å². The molecule has 0 radical (unpaired) electrons. The molecule has 0 saturated heterocycles. The van der Waals surface area contributed by atoms with Crippen LogP contribution in [0.25, 0.3) is 0 Å². The van der Waals surface area contributed by atoms with E-state index >= 15 is 0 Å². The zero-order chi connectivity index (χ0) is 19.3. The van der Waals surface area contributed by atoms with Gasteiger partial charge in [-0.3, -0.25) is 14.9 Å². The number of hydrogen-bond donors (Lipinski definition) is 0. The van der Waals surface area contributed by atoms with E-state index in [0.29, 0.717) is 12.0 Å². The van der Waals surface area contributed by atoms with Crippen LogP contribution in [-0.2, 0) is 17.6 Å². The van der Waals surface area contributed by atoms with Crippen LogP contribution in [-0.4, -0.2) is 23.3 Å². The van der Waals surface area contributed by atoms with Gasteiger partial charge in [-0.2, -0.15) is 0 Å². The summed E-state index contributed by atoms with van der Waals surface area (Å²) in [6.45, 7) is 3.46. The highest BCUT2D eigenvalue weighted by molar-refractivity contribution is 6.33. The fourth-order valence-corrected chi connectivity index (χ4v) is 2.68. The van der Waals surface area contributed by atoms with Crippen LogP contribution in [0, 0.1) is 10.1 Å². The minimum absolute atomic E-state index is 0.0234. The molecule has 0 aliphatic carbocycles. The monoisotopic (exact) mass is 375 g/mol. The average molecular weight is 376 g/mol. The molecular formula is C19H18ClNO5. The Labute approximate surface area is 155 Å². The van der Waals surface area contributed by atoms with Gasteiger partial charge in [0.15, 0.2) is 6.61 Å². The molecule has 2 aromatic rings. The van der Waals surface area contributed by atoms with Crippen LogP contribution >= 0.6 is 11.6 Å². The standard InChI is InChI=1S/C19H18ClNO5/c1-3-12-5-6-13(4-2)15(9-12)18(22)11-26-19(23)16-10-14(21(24)25)7-8-17(16)20/h5-10H,3-4,11H2,1-2H3. The summed E-state index contributed by atoms with van der Waals surface area (Å²) in [5.74, 6) is -1.20. The Hall–Kier alpha value is -2.73. The minimum Gasteiger partial charge on any atom is -0.454 e. The van der Waals surface area contributed by atoms with Gasteiger partial charge in [0, 0.05) is 17.7 Å². The van der Waals surface area contributed by atoms with Crippen LogP contribution in [0.4, 0.5) is 5.69 Å². The molecule has 0 spiro atoms. The lowest BCUT2D eigenvalue weighted by atomic mass is 9.98. The third-order valence-corrected chi connectivity index (χ3v) is 4.31. The van der Waals surface area contributed by atoms with Crippen LogP contribution in [0.1, 0.15) is 45.7 Å². The van der Waals surface area contributed by atoms with Gasteiger partial charge in [-0.1, -0.05) is 37.6 Å². The summed E-state index contributed by atoms with van der Waals surface area (Å²) in [5, 5.41) is 10.8. The number of nitrogens with zero attached hydrogens (tertiary/aromatic N) is 1. The fraction of sp³-hybridized carbons (Fsp3) is 0.263. The summed E-state index contributed by atoms with van der Waals surface area (Å²) in [6, 6.07) is 9.13. The second kappa shape index (κ2) is 8.58. The van der Waals surface area contributed by atoms with Crippen molar-refractivity contribution < 1.29 is 19.2 Å². The molecule has 0 N–H and O–H groups in total. The lowest BCUT2D eigenvalue weighted by Crippen LogP contribution is -2.16. The molecule has 136 valence electrons. The molecular weight excluding hydrogens is 358 g/mol. The molecule has 0 aromatic heterocycles. The SMILES string of the molecule is CCc1ccc(CC)c(C(=O)COC(=O)c2cc([N+](=O)[O-])ccc2Cl)c1. The molecule has 6 nitrogen and oxygen atoms in total. The number of rotatable bonds is 7. The van der Waals surface area contributed by atoms with E-state index in [1.165, 1.54) is 12.1 Å². The molecule has 0 bridgehead atoms. The number of nitro benzene ring substituents is 1. The van der Waals surface area contributed by atoms with E-state index in [2.05, 4.69) is 0 Å². The second-order valence-corrected chi connectivity index (χ2v) is 6.03. The molecule has 0 aliphatic heterocycles. The number of benzene rings is 2. The van der Waals surface area contributed by atoms with Crippen molar-refractivity contribution in [3.05, 3.63) is 73.8 Å². The normalized spacial score (nSPS) is 10.4. The van der Waals surface area contributed by atoms with Gasteiger partial charge < -0.3 is 4.74 Å². The van der Waals surface area contributed by atoms with Gasteiger partial charge in [0.2, 0.25) is 5.78 Å². The third kappa shape index (κ3) is 4.46. The summed E-state index contributed by atoms with van der Waals surface area (Å²) in [6.07, 6.45) is 1.46. The van der Waals surface area contributed by atoms with Gasteiger partial charge >= 0.3 is 5.97 Å². The van der Waals surface area contributed by atoms with E-state index in [9.17, 15) is 19.7 Å². The van der Waals surface area contributed by atoms with Crippen molar-refractivity contribution in [2.24, 2.45) is 0 Å². The van der Waals surface area contributed by atoms with Crippen LogP contribution in [0.15, 0.2) is 36.4 Å². The zero-order valence-corrected chi connectivity index (χ0v) is 15.2. The first-order valence-corrected chi connectivity index (χ1v) is 8.51. The number of Topliss-reactive ketones (excluding diaryl/α,β-unsaturated/α-hetero) is 1. The van der Waals surface area contributed by atoms with Crippen LogP contribution in [0.3, 0.4) is 0 Å². The number of carbonyl (C=O) groups excluding carboxylic acids is 2. The van der Waals surface area contributed by atoms with Crippen molar-refractivity contribution in [2.75, 3.05) is 6.61 Å². The molecule has 26 heavy (non-hydrogen) atoms. The van der Waals surface area contributed by atoms with Crippen LogP contribution < -0.4 is 0 Å². The van der Waals surface area contributed by atoms with E-state index in [4.69, 9.17) is 16.3 Å². The number of ketones is 1. The third-order valence-electron chi connectivity index (χ3n) is 3.98. The number of aryl methyl sites for hydroxylation is 2. The highest BCUT2D eigenvalue weighted by Gasteiger charge is 2.19. The molecule has 2 rings (SSSR count). The van der Waals surface area contributed by atoms with Crippen LogP contribution in [0.2, 0.25) is 5.02 Å². The van der Waals surface area contributed by atoms with E-state index in [0.717, 1.165) is 23.6 Å². The lowest BCUT2D eigenvalue weighted by molar-refractivity contribution is -0.384. The maximum absolute atomic E-state index is 12.5. The zero-order valence-electron chi connectivity index (χ0n) is 14.5. The van der Waals surface area contributed by atoms with Crippen molar-refractivity contribution in [1.82, 2.24) is 0 Å². The van der Waals surface area contributed by atoms with E-state index in [1.807, 2.05) is 26.0 Å². The topological polar surface area (TPSA) is 86.5 Å². The number of halogens is 1. The molecule has 0 fully saturated rings. The quantitative estimate of drug-likeness (QED) is 0.309. The van der Waals surface area contributed by atoms with Crippen molar-refractivity contribution in [2.45, 2.75) is 26.7 Å². The molecule has 0 aliphatic rings. The molecule has 0 heterocycles. The first-order valence-electron chi connectivity index (χ1n) is 8.13. The van der Waals surface area contributed by atoms with E-state index in [-0.39, 0.29) is 22.1 Å². The smallest absolute Gasteiger partial charge is 0.340 e. The predicted molar refractivity (Wildman–Crippen MR) is 97.9 cm³/mol. The minimum atomic E-state index is -0.878. The van der Waals surface area contributed by atoms with E-state index < -0.39 is 17.5 Å². The van der Waals surface area contributed by atoms with Gasteiger partial charge in [0.1, 0.15) is 0 Å². The van der Waals surface area contributed by atoms with Crippen molar-refractivity contribution in [1.29, 1.82) is 0 Å². The molecule has 0 saturated carbocycles. The maximum Gasteiger partial charge on any atom is 0.340 e. The first kappa shape index (κ1) is 19.6. The summed E-state index contributed by atoms with van der Waals surface area (Å²) in [4.78, 5) is 34.8. The summed E-state index contributed by atoms with van der Waals surface area (Å²) in [5.41, 5.74) is 1.98. The summed E-state index contributed by atoms with van der Waals surface area (Å²) >= 11 is 5.91. The average Bonchev–Trinajstić information content (AvgIpc) is 2.65. The molecule has 0 unspecified atom stereocenters. The number of esters is 1. The number of hydrogen-bond acceptors (Lipinski definition) is 5. The Bertz CT molecular complexity index is 863. The Morgan fingerprint density at radius 3 is 2.42 bits per heavy atom. The molecule has 2 aromatic carbocycles. The lowest BCUT2D eigenvalue weighted by Gasteiger charge is -2.10. The summed E-state index contributed by atoms with van der Waals surface area (Å²) in [7, 11) is 0. The Morgan fingerprint density at radius 2 is 1.81 bits per heavy atom. The molecule has 7 heteroatoms. The van der Waals surface area contributed by atoms with Gasteiger partial charge in [-0.25, -0.2) is 4.79 Å². The largest absolute Gasteiger partial charge is 0.454 e. The van der Waals surface area contributed by atoms with Gasteiger partial charge in [0.25, 0.3) is 5.69 Å². The van der Waals surface area contributed by atoms with Gasteiger partial charge in [0.05, 0.1) is 15.5 Å². The first-order chi connectivity index (χ1) is 12.4. The Balaban J connectivity index is 2.16. The molecule has 0 amide bonds.